The third kappa shape index (κ3) is 4.21. The van der Waals surface area contributed by atoms with Crippen molar-refractivity contribution >= 4 is 11.6 Å². The summed E-state index contributed by atoms with van der Waals surface area (Å²) in [5.74, 6) is 5.82. The lowest BCUT2D eigenvalue weighted by Crippen LogP contribution is -1.98. The summed E-state index contributed by atoms with van der Waals surface area (Å²) in [4.78, 5) is 4.01. The van der Waals surface area contributed by atoms with Gasteiger partial charge in [-0.25, -0.2) is 4.39 Å². The predicted octanol–water partition coefficient (Wildman–Crippen LogP) is 3.26. The normalized spacial score (nSPS) is 9.38. The van der Waals surface area contributed by atoms with Gasteiger partial charge in [0.15, 0.2) is 0 Å². The summed E-state index contributed by atoms with van der Waals surface area (Å²) in [5, 5.41) is 8.78. The molecule has 2 aromatic rings. The minimum absolute atomic E-state index is 0.00375. The summed E-state index contributed by atoms with van der Waals surface area (Å²) in [6.07, 6.45) is 3.17. The van der Waals surface area contributed by atoms with Gasteiger partial charge in [0.1, 0.15) is 24.2 Å². The van der Waals surface area contributed by atoms with Gasteiger partial charge in [-0.05, 0) is 23.8 Å². The topological polar surface area (TPSA) is 45.9 Å². The van der Waals surface area contributed by atoms with Crippen molar-refractivity contribution in [3.63, 3.8) is 0 Å². The van der Waals surface area contributed by atoms with Crippen molar-refractivity contribution in [1.82, 2.24) is 4.98 Å². The van der Waals surface area contributed by atoms with E-state index in [0.717, 1.165) is 0 Å². The Morgan fingerprint density at radius 1 is 1.29 bits per heavy atom. The van der Waals surface area contributed by atoms with E-state index in [4.69, 9.17) is 21.6 Å². The second-order valence-electron chi connectivity index (χ2n) is 4.06. The first-order valence-electron chi connectivity index (χ1n) is 6.04. The van der Waals surface area contributed by atoms with E-state index >= 15 is 0 Å². The zero-order valence-electron chi connectivity index (χ0n) is 10.9. The van der Waals surface area contributed by atoms with E-state index in [-0.39, 0.29) is 18.1 Å². The molecule has 0 radical (unpaired) electrons. The molecule has 0 spiro atoms. The molecule has 0 N–H and O–H groups in total. The molecule has 0 unspecified atom stereocenters. The Labute approximate surface area is 127 Å². The zero-order valence-corrected chi connectivity index (χ0v) is 11.7. The van der Waals surface area contributed by atoms with E-state index in [0.29, 0.717) is 16.9 Å². The van der Waals surface area contributed by atoms with Crippen molar-refractivity contribution in [2.24, 2.45) is 0 Å². The number of pyridine rings is 1. The molecule has 1 aromatic carbocycles. The number of ether oxygens (including phenoxy) is 1. The third-order valence-corrected chi connectivity index (χ3v) is 2.70. The van der Waals surface area contributed by atoms with Crippen LogP contribution in [0.2, 0.25) is 0 Å². The molecule has 104 valence electrons. The quantitative estimate of drug-likeness (QED) is 0.645. The highest BCUT2D eigenvalue weighted by Gasteiger charge is 2.04. The minimum atomic E-state index is -0.540. The fraction of sp³-hybridized carbons (Fsp3) is 0.125. The Balaban J connectivity index is 2.08. The van der Waals surface area contributed by atoms with Crippen LogP contribution in [0.25, 0.3) is 0 Å². The number of hydrogen-bond acceptors (Lipinski definition) is 3. The fourth-order valence-electron chi connectivity index (χ4n) is 1.62. The van der Waals surface area contributed by atoms with E-state index in [2.05, 4.69) is 16.8 Å². The number of alkyl halides is 1. The van der Waals surface area contributed by atoms with E-state index < -0.39 is 5.82 Å². The molecule has 0 fully saturated rings. The SMILES string of the molecule is N#Cc1cc(COc2cncc(C#CCCl)c2)ccc1F. The number of rotatable bonds is 3. The maximum atomic E-state index is 13.2. The Kier molecular flexibility index (Phi) is 5.15. The van der Waals surface area contributed by atoms with Crippen molar-refractivity contribution < 1.29 is 9.13 Å². The van der Waals surface area contributed by atoms with Crippen LogP contribution in [0.4, 0.5) is 4.39 Å². The Morgan fingerprint density at radius 3 is 2.90 bits per heavy atom. The zero-order chi connectivity index (χ0) is 15.1. The largest absolute Gasteiger partial charge is 0.487 e. The van der Waals surface area contributed by atoms with Gasteiger partial charge in [0.2, 0.25) is 0 Å². The first-order valence-corrected chi connectivity index (χ1v) is 6.57. The molecular formula is C16H10ClFN2O. The Morgan fingerprint density at radius 2 is 2.14 bits per heavy atom. The molecule has 0 aliphatic carbocycles. The Bertz CT molecular complexity index is 744. The van der Waals surface area contributed by atoms with Crippen molar-refractivity contribution in [3.05, 3.63) is 59.2 Å². The standard InChI is InChI=1S/C16H10ClFN2O/c17-5-1-2-12-7-15(10-20-9-12)21-11-13-3-4-16(18)14(6-13)8-19/h3-4,6-7,9-10H,5,11H2. The summed E-state index contributed by atoms with van der Waals surface area (Å²) in [6.45, 7) is 0.211. The smallest absolute Gasteiger partial charge is 0.140 e. The highest BCUT2D eigenvalue weighted by Crippen LogP contribution is 2.15. The molecule has 21 heavy (non-hydrogen) atoms. The average molecular weight is 301 g/mol. The van der Waals surface area contributed by atoms with Crippen LogP contribution in [0.15, 0.2) is 36.7 Å². The monoisotopic (exact) mass is 300 g/mol. The predicted molar refractivity (Wildman–Crippen MR) is 77.3 cm³/mol. The van der Waals surface area contributed by atoms with Crippen LogP contribution in [-0.2, 0) is 6.61 Å². The van der Waals surface area contributed by atoms with E-state index in [9.17, 15) is 4.39 Å². The van der Waals surface area contributed by atoms with Crippen molar-refractivity contribution in [2.75, 3.05) is 5.88 Å². The van der Waals surface area contributed by atoms with Crippen LogP contribution in [0, 0.1) is 29.0 Å². The molecule has 0 amide bonds. The van der Waals surface area contributed by atoms with Gasteiger partial charge in [-0.3, -0.25) is 4.98 Å². The molecular weight excluding hydrogens is 291 g/mol. The highest BCUT2D eigenvalue weighted by atomic mass is 35.5. The Hall–Kier alpha value is -2.56. The van der Waals surface area contributed by atoms with Crippen molar-refractivity contribution in [1.29, 1.82) is 5.26 Å². The number of benzene rings is 1. The van der Waals surface area contributed by atoms with Gasteiger partial charge in [-0.1, -0.05) is 17.9 Å². The van der Waals surface area contributed by atoms with Crippen molar-refractivity contribution in [2.45, 2.75) is 6.61 Å². The van der Waals surface area contributed by atoms with E-state index in [1.54, 1.807) is 30.6 Å². The van der Waals surface area contributed by atoms with Gasteiger partial charge in [-0.2, -0.15) is 5.26 Å². The summed E-state index contributed by atoms with van der Waals surface area (Å²) >= 11 is 5.49. The van der Waals surface area contributed by atoms with E-state index in [1.165, 1.54) is 12.1 Å². The third-order valence-electron chi connectivity index (χ3n) is 2.57. The number of nitrogens with zero attached hydrogens (tertiary/aromatic N) is 2. The number of nitriles is 1. The molecule has 0 bridgehead atoms. The molecule has 0 atom stereocenters. The van der Waals surface area contributed by atoms with Crippen LogP contribution in [-0.4, -0.2) is 10.9 Å². The van der Waals surface area contributed by atoms with Gasteiger partial charge < -0.3 is 4.74 Å². The molecule has 3 nitrogen and oxygen atoms in total. The van der Waals surface area contributed by atoms with Gasteiger partial charge in [0, 0.05) is 11.8 Å². The molecule has 0 saturated carbocycles. The van der Waals surface area contributed by atoms with Gasteiger partial charge in [0.25, 0.3) is 0 Å². The van der Waals surface area contributed by atoms with Gasteiger partial charge in [-0.15, -0.1) is 11.6 Å². The first kappa shape index (κ1) is 14.8. The number of hydrogen-bond donors (Lipinski definition) is 0. The average Bonchev–Trinajstić information content (AvgIpc) is 2.52. The molecule has 1 aromatic heterocycles. The second kappa shape index (κ2) is 7.28. The van der Waals surface area contributed by atoms with Crippen LogP contribution in [0.3, 0.4) is 0 Å². The fourth-order valence-corrected chi connectivity index (χ4v) is 1.68. The van der Waals surface area contributed by atoms with Crippen LogP contribution in [0.1, 0.15) is 16.7 Å². The molecule has 0 aliphatic rings. The van der Waals surface area contributed by atoms with Gasteiger partial charge in [0.05, 0.1) is 17.6 Å². The van der Waals surface area contributed by atoms with Crippen molar-refractivity contribution in [3.8, 4) is 23.7 Å². The molecule has 2 rings (SSSR count). The molecule has 0 aliphatic heterocycles. The molecule has 1 heterocycles. The van der Waals surface area contributed by atoms with Crippen LogP contribution < -0.4 is 4.74 Å². The summed E-state index contributed by atoms with van der Waals surface area (Å²) in [6, 6.07) is 7.81. The second-order valence-corrected chi connectivity index (χ2v) is 4.33. The lowest BCUT2D eigenvalue weighted by Gasteiger charge is -2.06. The summed E-state index contributed by atoms with van der Waals surface area (Å²) < 4.78 is 18.8. The highest BCUT2D eigenvalue weighted by molar-refractivity contribution is 6.19. The molecule has 5 heteroatoms. The van der Waals surface area contributed by atoms with Crippen LogP contribution >= 0.6 is 11.6 Å². The maximum absolute atomic E-state index is 13.2. The van der Waals surface area contributed by atoms with Crippen LogP contribution in [0.5, 0.6) is 5.75 Å². The summed E-state index contributed by atoms with van der Waals surface area (Å²) in [5.41, 5.74) is 1.39. The lowest BCUT2D eigenvalue weighted by atomic mass is 10.1. The maximum Gasteiger partial charge on any atom is 0.140 e. The number of halogens is 2. The number of aromatic nitrogens is 1. The molecule has 0 saturated heterocycles. The lowest BCUT2D eigenvalue weighted by molar-refractivity contribution is 0.304. The van der Waals surface area contributed by atoms with E-state index in [1.807, 2.05) is 0 Å². The summed E-state index contributed by atoms with van der Waals surface area (Å²) in [7, 11) is 0. The first-order chi connectivity index (χ1) is 10.2. The minimum Gasteiger partial charge on any atom is -0.487 e. The van der Waals surface area contributed by atoms with Gasteiger partial charge >= 0.3 is 0 Å².